The van der Waals surface area contributed by atoms with Gasteiger partial charge in [0, 0.05) is 43.6 Å². The van der Waals surface area contributed by atoms with Gasteiger partial charge in [0.2, 0.25) is 0 Å². The van der Waals surface area contributed by atoms with E-state index in [1.165, 1.54) is 58.8 Å². The van der Waals surface area contributed by atoms with Crippen LogP contribution in [0.3, 0.4) is 0 Å². The molecule has 0 aliphatic rings. The van der Waals surface area contributed by atoms with Crippen molar-refractivity contribution in [3.05, 3.63) is 243 Å². The molecule has 13 aromatic rings. The lowest BCUT2D eigenvalue weighted by molar-refractivity contribution is 0.670. The average Bonchev–Trinajstić information content (AvgIpc) is 4.03. The third-order valence-corrected chi connectivity index (χ3v) is 18.2. The van der Waals surface area contributed by atoms with Crippen LogP contribution in [0.25, 0.3) is 88.1 Å². The summed E-state index contributed by atoms with van der Waals surface area (Å²) in [6.45, 7) is 0. The molecule has 3 heterocycles. The second-order valence-corrected chi connectivity index (χ2v) is 20.6. The lowest BCUT2D eigenvalue weighted by atomic mass is 10.0. The first-order valence-electron chi connectivity index (χ1n) is 22.0. The van der Waals surface area contributed by atoms with E-state index in [9.17, 15) is 0 Å². The van der Waals surface area contributed by atoms with Crippen LogP contribution in [-0.4, -0.2) is 17.2 Å². The Morgan fingerprint density at radius 2 is 0.844 bits per heavy atom. The Kier molecular flexibility index (Phi) is 8.23. The van der Waals surface area contributed by atoms with E-state index in [2.05, 4.69) is 246 Å². The first-order chi connectivity index (χ1) is 31.8. The fourth-order valence-corrected chi connectivity index (χ4v) is 15.6. The van der Waals surface area contributed by atoms with Gasteiger partial charge < -0.3 is 13.6 Å². The first kappa shape index (κ1) is 36.5. The number of rotatable bonds is 7. The van der Waals surface area contributed by atoms with Crippen LogP contribution in [0.15, 0.2) is 247 Å². The summed E-state index contributed by atoms with van der Waals surface area (Å²) >= 11 is 0. The molecule has 0 amide bonds. The van der Waals surface area contributed by atoms with Crippen LogP contribution in [0.2, 0.25) is 0 Å². The van der Waals surface area contributed by atoms with Crippen LogP contribution in [0.4, 0.5) is 0 Å². The molecule has 4 heteroatoms. The van der Waals surface area contributed by atoms with Crippen LogP contribution in [0, 0.1) is 0 Å². The molecule has 10 aromatic carbocycles. The maximum atomic E-state index is 6.59. The predicted molar refractivity (Wildman–Crippen MR) is 271 cm³/mol. The summed E-state index contributed by atoms with van der Waals surface area (Å²) in [5.41, 5.74) is 10.9. The van der Waals surface area contributed by atoms with E-state index in [0.29, 0.717) is 0 Å². The van der Waals surface area contributed by atoms with Crippen LogP contribution in [0.1, 0.15) is 0 Å². The molecular formula is C60H40N2OSi. The average molecular weight is 833 g/mol. The van der Waals surface area contributed by atoms with Crippen molar-refractivity contribution in [1.82, 2.24) is 9.13 Å². The molecule has 0 unspecified atom stereocenters. The Hall–Kier alpha value is -8.18. The zero-order chi connectivity index (χ0) is 42.2. The van der Waals surface area contributed by atoms with Crippen LogP contribution < -0.4 is 20.7 Å². The molecule has 0 atom stereocenters. The largest absolute Gasteiger partial charge is 0.455 e. The van der Waals surface area contributed by atoms with E-state index in [4.69, 9.17) is 4.42 Å². The van der Waals surface area contributed by atoms with Gasteiger partial charge in [-0.3, -0.25) is 0 Å². The molecule has 0 bridgehead atoms. The molecule has 13 rings (SSSR count). The highest BCUT2D eigenvalue weighted by Crippen LogP contribution is 2.42. The topological polar surface area (TPSA) is 23.0 Å². The molecule has 0 N–H and O–H groups in total. The minimum atomic E-state index is -2.81. The van der Waals surface area contributed by atoms with Crippen LogP contribution in [0.5, 0.6) is 0 Å². The van der Waals surface area contributed by atoms with Gasteiger partial charge in [0.25, 0.3) is 0 Å². The SMILES string of the molecule is c1ccc([Si](c2ccccc2)(c2ccccc2)c2cccc(-n3c4ccccc4c4cccc(-n5c6ccccc6c6ccc(-c7cccc8c7oc7ccccc78)cc65)c43)c2)cc1. The third-order valence-electron chi connectivity index (χ3n) is 13.5. The fourth-order valence-electron chi connectivity index (χ4n) is 10.8. The lowest BCUT2D eigenvalue weighted by Gasteiger charge is -2.34. The van der Waals surface area contributed by atoms with Crippen molar-refractivity contribution in [2.45, 2.75) is 0 Å². The minimum Gasteiger partial charge on any atom is -0.455 e. The van der Waals surface area contributed by atoms with Crippen molar-refractivity contribution in [2.75, 3.05) is 0 Å². The summed E-state index contributed by atoms with van der Waals surface area (Å²) in [6.07, 6.45) is 0. The zero-order valence-corrected chi connectivity index (χ0v) is 35.9. The van der Waals surface area contributed by atoms with Gasteiger partial charge >= 0.3 is 0 Å². The van der Waals surface area contributed by atoms with Crippen molar-refractivity contribution < 1.29 is 4.42 Å². The number of hydrogen-bond acceptors (Lipinski definition) is 1. The Labute approximate surface area is 371 Å². The standard InChI is InChI=1S/C60H40N2OSi/c1-4-20-43(21-5-1)64(44-22-6-2-7-23-44,45-24-8-3-9-25-45)46-26-16-19-42(40-46)61-54-33-13-11-28-49(54)52-31-18-35-56(59(52)61)62-55-34-14-10-27-48(55)50-38-37-41(39-57(50)62)47-30-17-32-53-51-29-12-15-36-58(51)63-60(47)53/h1-40H. The number of fused-ring (bicyclic) bond motifs is 9. The summed E-state index contributed by atoms with van der Waals surface area (Å²) in [4.78, 5) is 0. The molecule has 0 fully saturated rings. The molecule has 3 aromatic heterocycles. The molecule has 3 nitrogen and oxygen atoms in total. The van der Waals surface area contributed by atoms with E-state index >= 15 is 0 Å². The lowest BCUT2D eigenvalue weighted by Crippen LogP contribution is -2.74. The van der Waals surface area contributed by atoms with Gasteiger partial charge in [-0.1, -0.05) is 200 Å². The van der Waals surface area contributed by atoms with E-state index in [-0.39, 0.29) is 0 Å². The van der Waals surface area contributed by atoms with E-state index in [0.717, 1.165) is 50.0 Å². The van der Waals surface area contributed by atoms with E-state index < -0.39 is 8.07 Å². The molecule has 300 valence electrons. The van der Waals surface area contributed by atoms with Crippen molar-refractivity contribution >= 4 is 94.4 Å². The highest BCUT2D eigenvalue weighted by Gasteiger charge is 2.41. The van der Waals surface area contributed by atoms with Crippen molar-refractivity contribution in [3.63, 3.8) is 0 Å². The maximum absolute atomic E-state index is 6.59. The zero-order valence-electron chi connectivity index (χ0n) is 34.9. The van der Waals surface area contributed by atoms with E-state index in [1.807, 2.05) is 6.07 Å². The van der Waals surface area contributed by atoms with Gasteiger partial charge in [-0.2, -0.15) is 0 Å². The van der Waals surface area contributed by atoms with E-state index in [1.54, 1.807) is 0 Å². The first-order valence-corrected chi connectivity index (χ1v) is 24.0. The quantitative estimate of drug-likeness (QED) is 0.116. The molecule has 0 saturated carbocycles. The predicted octanol–water partition coefficient (Wildman–Crippen LogP) is 12.8. The molecule has 0 radical (unpaired) electrons. The molecule has 64 heavy (non-hydrogen) atoms. The normalized spacial score (nSPS) is 12.1. The number of nitrogens with zero attached hydrogens (tertiary/aromatic N) is 2. The number of benzene rings is 10. The molecular weight excluding hydrogens is 793 g/mol. The Bertz CT molecular complexity index is 3800. The van der Waals surface area contributed by atoms with Crippen molar-refractivity contribution in [2.24, 2.45) is 0 Å². The van der Waals surface area contributed by atoms with Gasteiger partial charge in [0.15, 0.2) is 8.07 Å². The highest BCUT2D eigenvalue weighted by atomic mass is 28.3. The highest BCUT2D eigenvalue weighted by molar-refractivity contribution is 7.19. The summed E-state index contributed by atoms with van der Waals surface area (Å²) < 4.78 is 11.6. The van der Waals surface area contributed by atoms with Crippen LogP contribution >= 0.6 is 0 Å². The smallest absolute Gasteiger partial charge is 0.179 e. The summed E-state index contributed by atoms with van der Waals surface area (Å²) in [7, 11) is -2.81. The fraction of sp³-hybridized carbons (Fsp3) is 0. The second kappa shape index (κ2) is 14.5. The molecule has 0 aliphatic heterocycles. The summed E-state index contributed by atoms with van der Waals surface area (Å²) in [5.74, 6) is 0. The van der Waals surface area contributed by atoms with Gasteiger partial charge in [0.05, 0.1) is 27.8 Å². The minimum absolute atomic E-state index is 0.903. The van der Waals surface area contributed by atoms with Crippen LogP contribution in [-0.2, 0) is 0 Å². The van der Waals surface area contributed by atoms with Crippen molar-refractivity contribution in [3.8, 4) is 22.5 Å². The molecule has 0 aliphatic carbocycles. The number of aromatic nitrogens is 2. The van der Waals surface area contributed by atoms with Gasteiger partial charge in [-0.25, -0.2) is 0 Å². The van der Waals surface area contributed by atoms with Gasteiger partial charge in [-0.15, -0.1) is 0 Å². The number of para-hydroxylation sites is 5. The second-order valence-electron chi connectivity index (χ2n) is 16.8. The maximum Gasteiger partial charge on any atom is 0.179 e. The molecule has 0 saturated heterocycles. The summed E-state index contributed by atoms with van der Waals surface area (Å²) in [5, 5.41) is 12.5. The van der Waals surface area contributed by atoms with Gasteiger partial charge in [-0.05, 0) is 68.8 Å². The third kappa shape index (κ3) is 5.33. The molecule has 0 spiro atoms. The number of furan rings is 1. The Morgan fingerprint density at radius 1 is 0.328 bits per heavy atom. The Morgan fingerprint density at radius 3 is 1.55 bits per heavy atom. The Balaban J connectivity index is 1.10. The monoisotopic (exact) mass is 832 g/mol. The van der Waals surface area contributed by atoms with Gasteiger partial charge in [0.1, 0.15) is 11.2 Å². The number of hydrogen-bond donors (Lipinski definition) is 0. The van der Waals surface area contributed by atoms with Crippen molar-refractivity contribution in [1.29, 1.82) is 0 Å². The summed E-state index contributed by atoms with van der Waals surface area (Å²) in [6, 6.07) is 89.3.